The van der Waals surface area contributed by atoms with Crippen LogP contribution < -0.4 is 10.7 Å². The largest absolute Gasteiger partial charge is 0.347 e. The molecule has 0 bridgehead atoms. The average molecular weight is 401 g/mol. The summed E-state index contributed by atoms with van der Waals surface area (Å²) in [4.78, 5) is 26.8. The molecule has 1 atom stereocenters. The summed E-state index contributed by atoms with van der Waals surface area (Å²) in [6, 6.07) is 13.0. The first-order valence-corrected chi connectivity index (χ1v) is 10.3. The number of nitrogens with zero attached hydrogens (tertiary/aromatic N) is 1. The molecule has 0 spiro atoms. The first kappa shape index (κ1) is 19.5. The molecule has 3 aromatic rings. The molecule has 1 unspecified atom stereocenters. The van der Waals surface area contributed by atoms with Crippen molar-refractivity contribution in [2.45, 2.75) is 31.3 Å². The fourth-order valence-electron chi connectivity index (χ4n) is 3.04. The van der Waals surface area contributed by atoms with Crippen LogP contribution in [0.25, 0.3) is 10.9 Å². The van der Waals surface area contributed by atoms with Crippen molar-refractivity contribution in [3.8, 4) is 0 Å². The van der Waals surface area contributed by atoms with Crippen LogP contribution in [0.4, 0.5) is 0 Å². The summed E-state index contributed by atoms with van der Waals surface area (Å²) in [7, 11) is 0. The second-order valence-electron chi connectivity index (χ2n) is 6.29. The quantitative estimate of drug-likeness (QED) is 0.620. The SMILES string of the molecule is CCn1cc(C(=O)NC(C)c2ccc(SC)cc2)c(=O)c2cc(Cl)ccc21. The smallest absolute Gasteiger partial charge is 0.257 e. The lowest BCUT2D eigenvalue weighted by Crippen LogP contribution is -2.31. The molecule has 0 aliphatic rings. The van der Waals surface area contributed by atoms with E-state index in [2.05, 4.69) is 5.32 Å². The molecule has 0 saturated heterocycles. The van der Waals surface area contributed by atoms with Crippen molar-refractivity contribution in [2.75, 3.05) is 6.26 Å². The zero-order valence-electron chi connectivity index (χ0n) is 15.5. The molecular formula is C21H21ClN2O2S. The van der Waals surface area contributed by atoms with Gasteiger partial charge in [-0.3, -0.25) is 9.59 Å². The van der Waals surface area contributed by atoms with Crippen molar-refractivity contribution in [1.82, 2.24) is 9.88 Å². The molecule has 0 radical (unpaired) electrons. The Balaban J connectivity index is 1.95. The van der Waals surface area contributed by atoms with Crippen molar-refractivity contribution in [2.24, 2.45) is 0 Å². The van der Waals surface area contributed by atoms with E-state index in [1.54, 1.807) is 36.2 Å². The third-order valence-corrected chi connectivity index (χ3v) is 5.57. The lowest BCUT2D eigenvalue weighted by atomic mass is 10.1. The molecule has 4 nitrogen and oxygen atoms in total. The average Bonchev–Trinajstić information content (AvgIpc) is 2.68. The molecule has 1 heterocycles. The van der Waals surface area contributed by atoms with E-state index >= 15 is 0 Å². The monoisotopic (exact) mass is 400 g/mol. The van der Waals surface area contributed by atoms with Crippen LogP contribution in [0.3, 0.4) is 0 Å². The summed E-state index contributed by atoms with van der Waals surface area (Å²) in [6.07, 6.45) is 3.64. The molecule has 0 fully saturated rings. The summed E-state index contributed by atoms with van der Waals surface area (Å²) >= 11 is 7.72. The van der Waals surface area contributed by atoms with Crippen LogP contribution in [0.5, 0.6) is 0 Å². The Bertz CT molecular complexity index is 1040. The van der Waals surface area contributed by atoms with Crippen LogP contribution in [-0.4, -0.2) is 16.7 Å². The first-order valence-electron chi connectivity index (χ1n) is 8.72. The number of carbonyl (C=O) groups excluding carboxylic acids is 1. The minimum atomic E-state index is -0.384. The molecule has 0 aliphatic heterocycles. The molecule has 1 aromatic heterocycles. The summed E-state index contributed by atoms with van der Waals surface area (Å²) in [5, 5.41) is 3.86. The highest BCUT2D eigenvalue weighted by Gasteiger charge is 2.18. The van der Waals surface area contributed by atoms with Gasteiger partial charge in [0.25, 0.3) is 5.91 Å². The summed E-state index contributed by atoms with van der Waals surface area (Å²) < 4.78 is 1.89. The van der Waals surface area contributed by atoms with Crippen LogP contribution in [0.2, 0.25) is 5.02 Å². The molecule has 0 aliphatic carbocycles. The van der Waals surface area contributed by atoms with Gasteiger partial charge in [0, 0.05) is 28.0 Å². The number of nitrogens with one attached hydrogen (secondary N) is 1. The van der Waals surface area contributed by atoms with E-state index in [0.29, 0.717) is 17.0 Å². The zero-order chi connectivity index (χ0) is 19.6. The zero-order valence-corrected chi connectivity index (χ0v) is 17.0. The lowest BCUT2D eigenvalue weighted by molar-refractivity contribution is 0.0938. The Hall–Kier alpha value is -2.24. The number of fused-ring (bicyclic) bond motifs is 1. The van der Waals surface area contributed by atoms with E-state index in [-0.39, 0.29) is 22.9 Å². The Morgan fingerprint density at radius 2 is 1.93 bits per heavy atom. The van der Waals surface area contributed by atoms with Crippen molar-refractivity contribution in [1.29, 1.82) is 0 Å². The van der Waals surface area contributed by atoms with Gasteiger partial charge < -0.3 is 9.88 Å². The molecule has 1 N–H and O–H groups in total. The third-order valence-electron chi connectivity index (χ3n) is 4.59. The molecular weight excluding hydrogens is 380 g/mol. The van der Waals surface area contributed by atoms with Crippen LogP contribution >= 0.6 is 23.4 Å². The van der Waals surface area contributed by atoms with Crippen molar-refractivity contribution < 1.29 is 4.79 Å². The van der Waals surface area contributed by atoms with Gasteiger partial charge in [0.15, 0.2) is 0 Å². The lowest BCUT2D eigenvalue weighted by Gasteiger charge is -2.16. The number of pyridine rings is 1. The highest BCUT2D eigenvalue weighted by Crippen LogP contribution is 2.20. The van der Waals surface area contributed by atoms with Crippen molar-refractivity contribution >= 4 is 40.2 Å². The van der Waals surface area contributed by atoms with Gasteiger partial charge >= 0.3 is 0 Å². The van der Waals surface area contributed by atoms with Gasteiger partial charge in [-0.1, -0.05) is 23.7 Å². The Labute approximate surface area is 167 Å². The third kappa shape index (κ3) is 4.04. The highest BCUT2D eigenvalue weighted by molar-refractivity contribution is 7.98. The Morgan fingerprint density at radius 3 is 2.56 bits per heavy atom. The van der Waals surface area contributed by atoms with Crippen LogP contribution in [0.15, 0.2) is 58.4 Å². The molecule has 1 amide bonds. The van der Waals surface area contributed by atoms with E-state index in [1.807, 2.05) is 48.9 Å². The second-order valence-corrected chi connectivity index (χ2v) is 7.60. The van der Waals surface area contributed by atoms with Gasteiger partial charge in [-0.25, -0.2) is 0 Å². The van der Waals surface area contributed by atoms with Crippen LogP contribution in [0, 0.1) is 0 Å². The van der Waals surface area contributed by atoms with Crippen molar-refractivity contribution in [3.63, 3.8) is 0 Å². The Kier molecular flexibility index (Phi) is 5.92. The van der Waals surface area contributed by atoms with E-state index in [1.165, 1.54) is 0 Å². The number of rotatable bonds is 5. The van der Waals surface area contributed by atoms with Gasteiger partial charge in [0.05, 0.1) is 11.6 Å². The molecule has 140 valence electrons. The molecule has 6 heteroatoms. The predicted octanol–water partition coefficient (Wildman–Crippen LogP) is 4.89. The highest BCUT2D eigenvalue weighted by atomic mass is 35.5. The van der Waals surface area contributed by atoms with E-state index < -0.39 is 0 Å². The van der Waals surface area contributed by atoms with Crippen LogP contribution in [0.1, 0.15) is 35.8 Å². The number of halogens is 1. The normalized spacial score (nSPS) is 12.1. The van der Waals surface area contributed by atoms with E-state index in [4.69, 9.17) is 11.6 Å². The number of aryl methyl sites for hydroxylation is 1. The van der Waals surface area contributed by atoms with Gasteiger partial charge in [-0.2, -0.15) is 0 Å². The van der Waals surface area contributed by atoms with Crippen molar-refractivity contribution in [3.05, 3.63) is 75.0 Å². The molecule has 2 aromatic carbocycles. The number of hydrogen-bond acceptors (Lipinski definition) is 3. The first-order chi connectivity index (χ1) is 12.9. The second kappa shape index (κ2) is 8.19. The number of benzene rings is 2. The maximum atomic E-state index is 12.9. The maximum Gasteiger partial charge on any atom is 0.257 e. The number of carbonyl (C=O) groups is 1. The van der Waals surface area contributed by atoms with Gasteiger partial charge in [0.2, 0.25) is 5.43 Å². The van der Waals surface area contributed by atoms with Crippen LogP contribution in [-0.2, 0) is 6.54 Å². The van der Waals surface area contributed by atoms with E-state index in [0.717, 1.165) is 16.0 Å². The number of thioether (sulfide) groups is 1. The number of hydrogen-bond donors (Lipinski definition) is 1. The molecule has 27 heavy (non-hydrogen) atoms. The maximum absolute atomic E-state index is 12.9. The number of amides is 1. The summed E-state index contributed by atoms with van der Waals surface area (Å²) in [6.45, 7) is 4.52. The minimum absolute atomic E-state index is 0.124. The van der Waals surface area contributed by atoms with Gasteiger partial charge in [-0.15, -0.1) is 11.8 Å². The fraction of sp³-hybridized carbons (Fsp3) is 0.238. The van der Waals surface area contributed by atoms with E-state index in [9.17, 15) is 9.59 Å². The minimum Gasteiger partial charge on any atom is -0.347 e. The molecule has 0 saturated carbocycles. The van der Waals surface area contributed by atoms with Gasteiger partial charge in [0.1, 0.15) is 5.56 Å². The topological polar surface area (TPSA) is 51.1 Å². The Morgan fingerprint density at radius 1 is 1.22 bits per heavy atom. The molecule has 3 rings (SSSR count). The number of aromatic nitrogens is 1. The summed E-state index contributed by atoms with van der Waals surface area (Å²) in [5.74, 6) is -0.384. The predicted molar refractivity (Wildman–Crippen MR) is 113 cm³/mol. The standard InChI is InChI=1S/C21H21ClN2O2S/c1-4-24-12-18(20(25)17-11-15(22)7-10-19(17)24)21(26)23-13(2)14-5-8-16(27-3)9-6-14/h5-13H,4H2,1-3H3,(H,23,26). The summed E-state index contributed by atoms with van der Waals surface area (Å²) in [5.41, 5.74) is 1.57. The fourth-order valence-corrected chi connectivity index (χ4v) is 3.62. The van der Waals surface area contributed by atoms with Gasteiger partial charge in [-0.05, 0) is 56.0 Å².